The number of amides is 1. The van der Waals surface area contributed by atoms with Crippen LogP contribution in [0.5, 0.6) is 0 Å². The van der Waals surface area contributed by atoms with Crippen LogP contribution in [0.3, 0.4) is 0 Å². The molecule has 3 rings (SSSR count). The maximum absolute atomic E-state index is 13.2. The Bertz CT molecular complexity index is 897. The number of halogens is 3. The van der Waals surface area contributed by atoms with Crippen molar-refractivity contribution in [1.29, 1.82) is 0 Å². The molecule has 6 heteroatoms. The topological polar surface area (TPSA) is 20.3 Å². The smallest absolute Gasteiger partial charge is 0.228 e. The van der Waals surface area contributed by atoms with Crippen LogP contribution in [0.4, 0.5) is 4.39 Å². The number of hydrogen-bond acceptors (Lipinski definition) is 2. The Labute approximate surface area is 172 Å². The first-order valence-corrected chi connectivity index (χ1v) is 10.1. The molecule has 1 aromatic heterocycles. The fourth-order valence-electron chi connectivity index (χ4n) is 2.76. The van der Waals surface area contributed by atoms with Crippen LogP contribution in [0.2, 0.25) is 10.0 Å². The molecule has 2 nitrogen and oxygen atoms in total. The molecular weight excluding hydrogens is 404 g/mol. The van der Waals surface area contributed by atoms with E-state index < -0.39 is 0 Å². The summed E-state index contributed by atoms with van der Waals surface area (Å²) in [6.45, 7) is 0.943. The van der Waals surface area contributed by atoms with Crippen molar-refractivity contribution < 1.29 is 9.18 Å². The van der Waals surface area contributed by atoms with E-state index in [-0.39, 0.29) is 11.7 Å². The highest BCUT2D eigenvalue weighted by atomic mass is 35.5. The van der Waals surface area contributed by atoms with E-state index in [1.165, 1.54) is 12.1 Å². The summed E-state index contributed by atoms with van der Waals surface area (Å²) in [5.74, 6) is -0.255. The standard InChI is InChI=1S/C21H18Cl2FNOS/c22-17-6-5-16(20(23)12-17)9-10-25(14-15-3-7-18(24)8-4-15)21(26)13-19-2-1-11-27-19/h1-8,11-12H,9-10,13-14H2. The van der Waals surface area contributed by atoms with Crippen molar-refractivity contribution in [3.05, 3.63) is 91.8 Å². The Morgan fingerprint density at radius 1 is 1.07 bits per heavy atom. The largest absolute Gasteiger partial charge is 0.338 e. The number of carbonyl (C=O) groups is 1. The Hall–Kier alpha value is -1.88. The van der Waals surface area contributed by atoms with Crippen molar-refractivity contribution in [3.63, 3.8) is 0 Å². The van der Waals surface area contributed by atoms with E-state index in [1.54, 1.807) is 40.5 Å². The van der Waals surface area contributed by atoms with Crippen LogP contribution >= 0.6 is 34.5 Å². The normalized spacial score (nSPS) is 10.8. The molecule has 0 saturated carbocycles. The zero-order chi connectivity index (χ0) is 19.2. The molecule has 0 N–H and O–H groups in total. The van der Waals surface area contributed by atoms with Crippen LogP contribution < -0.4 is 0 Å². The molecular formula is C21H18Cl2FNOS. The second kappa shape index (κ2) is 9.36. The number of rotatable bonds is 7. The molecule has 2 aromatic carbocycles. The quantitative estimate of drug-likeness (QED) is 0.457. The van der Waals surface area contributed by atoms with E-state index in [4.69, 9.17) is 23.2 Å². The number of carbonyl (C=O) groups excluding carboxylic acids is 1. The van der Waals surface area contributed by atoms with Gasteiger partial charge in [0.05, 0.1) is 6.42 Å². The summed E-state index contributed by atoms with van der Waals surface area (Å²) in [5, 5.41) is 3.14. The Balaban J connectivity index is 1.73. The van der Waals surface area contributed by atoms with Crippen molar-refractivity contribution in [2.24, 2.45) is 0 Å². The van der Waals surface area contributed by atoms with Gasteiger partial charge in [0.1, 0.15) is 5.82 Å². The van der Waals surface area contributed by atoms with Gasteiger partial charge < -0.3 is 4.90 Å². The lowest BCUT2D eigenvalue weighted by Crippen LogP contribution is -2.33. The molecule has 0 aliphatic carbocycles. The van der Waals surface area contributed by atoms with Crippen LogP contribution in [-0.4, -0.2) is 17.4 Å². The average Bonchev–Trinajstić information content (AvgIpc) is 3.14. The van der Waals surface area contributed by atoms with Crippen molar-refractivity contribution in [2.75, 3.05) is 6.54 Å². The maximum atomic E-state index is 13.2. The second-order valence-corrected chi connectivity index (χ2v) is 8.06. The first kappa shape index (κ1) is 19.9. The SMILES string of the molecule is O=C(Cc1cccs1)N(CCc1ccc(Cl)cc1Cl)Cc1ccc(F)cc1. The molecule has 0 bridgehead atoms. The van der Waals surface area contributed by atoms with Crippen LogP contribution in [0.15, 0.2) is 60.0 Å². The van der Waals surface area contributed by atoms with Gasteiger partial charge in [0.2, 0.25) is 5.91 Å². The molecule has 0 spiro atoms. The van der Waals surface area contributed by atoms with E-state index >= 15 is 0 Å². The lowest BCUT2D eigenvalue weighted by atomic mass is 10.1. The minimum atomic E-state index is -0.289. The van der Waals surface area contributed by atoms with E-state index in [2.05, 4.69) is 0 Å². The van der Waals surface area contributed by atoms with Gasteiger partial charge in [0.15, 0.2) is 0 Å². The Kier molecular flexibility index (Phi) is 6.89. The second-order valence-electron chi connectivity index (χ2n) is 6.18. The summed E-state index contributed by atoms with van der Waals surface area (Å²) in [4.78, 5) is 15.7. The monoisotopic (exact) mass is 421 g/mol. The third kappa shape index (κ3) is 5.80. The minimum absolute atomic E-state index is 0.0341. The van der Waals surface area contributed by atoms with E-state index in [0.29, 0.717) is 36.0 Å². The summed E-state index contributed by atoms with van der Waals surface area (Å²) >= 11 is 13.8. The van der Waals surface area contributed by atoms with Gasteiger partial charge in [0, 0.05) is 28.0 Å². The minimum Gasteiger partial charge on any atom is -0.338 e. The fourth-order valence-corrected chi connectivity index (χ4v) is 3.95. The van der Waals surface area contributed by atoms with Crippen LogP contribution in [0, 0.1) is 5.82 Å². The lowest BCUT2D eigenvalue weighted by molar-refractivity contribution is -0.131. The van der Waals surface area contributed by atoms with Gasteiger partial charge in [0.25, 0.3) is 0 Å². The van der Waals surface area contributed by atoms with Gasteiger partial charge in [-0.15, -0.1) is 11.3 Å². The molecule has 3 aromatic rings. The van der Waals surface area contributed by atoms with Crippen molar-refractivity contribution in [3.8, 4) is 0 Å². The van der Waals surface area contributed by atoms with E-state index in [9.17, 15) is 9.18 Å². The Morgan fingerprint density at radius 3 is 2.52 bits per heavy atom. The fraction of sp³-hybridized carbons (Fsp3) is 0.190. The maximum Gasteiger partial charge on any atom is 0.228 e. The molecule has 1 heterocycles. The predicted molar refractivity (Wildman–Crippen MR) is 110 cm³/mol. The van der Waals surface area contributed by atoms with Gasteiger partial charge in [-0.05, 0) is 53.3 Å². The molecule has 1 amide bonds. The van der Waals surface area contributed by atoms with Gasteiger partial charge in [-0.2, -0.15) is 0 Å². The van der Waals surface area contributed by atoms with Gasteiger partial charge >= 0.3 is 0 Å². The third-order valence-corrected chi connectivity index (χ3v) is 5.67. The van der Waals surface area contributed by atoms with Crippen LogP contribution in [0.1, 0.15) is 16.0 Å². The summed E-state index contributed by atoms with van der Waals surface area (Å²) in [6.07, 6.45) is 0.973. The molecule has 0 aliphatic rings. The third-order valence-electron chi connectivity index (χ3n) is 4.21. The molecule has 0 saturated heterocycles. The summed E-state index contributed by atoms with van der Waals surface area (Å²) in [5.41, 5.74) is 1.83. The first-order chi connectivity index (χ1) is 13.0. The van der Waals surface area contributed by atoms with Crippen molar-refractivity contribution >= 4 is 40.4 Å². The summed E-state index contributed by atoms with van der Waals surface area (Å²) < 4.78 is 13.2. The van der Waals surface area contributed by atoms with Gasteiger partial charge in [-0.3, -0.25) is 4.79 Å². The number of hydrogen-bond donors (Lipinski definition) is 0. The highest BCUT2D eigenvalue weighted by molar-refractivity contribution is 7.10. The Morgan fingerprint density at radius 2 is 1.85 bits per heavy atom. The molecule has 0 radical (unpaired) electrons. The molecule has 140 valence electrons. The van der Waals surface area contributed by atoms with E-state index in [1.807, 2.05) is 23.6 Å². The molecule has 0 unspecified atom stereocenters. The number of benzene rings is 2. The molecule has 0 atom stereocenters. The van der Waals surface area contributed by atoms with Crippen molar-refractivity contribution in [1.82, 2.24) is 4.90 Å². The molecule has 0 aliphatic heterocycles. The first-order valence-electron chi connectivity index (χ1n) is 8.50. The zero-order valence-corrected chi connectivity index (χ0v) is 16.8. The zero-order valence-electron chi connectivity index (χ0n) is 14.5. The number of nitrogens with zero attached hydrogens (tertiary/aromatic N) is 1. The van der Waals surface area contributed by atoms with Gasteiger partial charge in [-0.25, -0.2) is 4.39 Å². The lowest BCUT2D eigenvalue weighted by Gasteiger charge is -2.23. The average molecular weight is 422 g/mol. The highest BCUT2D eigenvalue weighted by Gasteiger charge is 2.16. The summed E-state index contributed by atoms with van der Waals surface area (Å²) in [7, 11) is 0. The van der Waals surface area contributed by atoms with E-state index in [0.717, 1.165) is 16.0 Å². The van der Waals surface area contributed by atoms with Gasteiger partial charge in [-0.1, -0.05) is 47.5 Å². The molecule has 27 heavy (non-hydrogen) atoms. The number of thiophene rings is 1. The summed E-state index contributed by atoms with van der Waals surface area (Å²) in [6, 6.07) is 15.5. The van der Waals surface area contributed by atoms with Crippen LogP contribution in [-0.2, 0) is 24.2 Å². The molecule has 0 fully saturated rings. The van der Waals surface area contributed by atoms with Crippen LogP contribution in [0.25, 0.3) is 0 Å². The highest BCUT2D eigenvalue weighted by Crippen LogP contribution is 2.22. The predicted octanol–water partition coefficient (Wildman–Crippen LogP) is 6.01. The van der Waals surface area contributed by atoms with Crippen molar-refractivity contribution in [2.45, 2.75) is 19.4 Å².